The molecule has 0 saturated heterocycles. The number of hydrogen-bond donors (Lipinski definition) is 2. The van der Waals surface area contributed by atoms with Gasteiger partial charge in [-0.25, -0.2) is 4.57 Å². The van der Waals surface area contributed by atoms with Crippen molar-refractivity contribution in [2.24, 2.45) is 5.73 Å². The molecule has 2 atom stereocenters. The normalized spacial score (nSPS) is 13.8. The Morgan fingerprint density at radius 1 is 0.682 bits per heavy atom. The lowest BCUT2D eigenvalue weighted by Crippen LogP contribution is -2.29. The van der Waals surface area contributed by atoms with E-state index in [4.69, 9.17) is 24.3 Å². The predicted molar refractivity (Wildman–Crippen MR) is 178 cm³/mol. The molecule has 0 amide bonds. The third kappa shape index (κ3) is 30.5. The topological polar surface area (TPSA) is 134 Å². The van der Waals surface area contributed by atoms with Crippen LogP contribution in [-0.2, 0) is 32.7 Å². The van der Waals surface area contributed by atoms with Crippen molar-refractivity contribution in [1.29, 1.82) is 0 Å². The van der Waals surface area contributed by atoms with Gasteiger partial charge in [-0.05, 0) is 38.5 Å². The summed E-state index contributed by atoms with van der Waals surface area (Å²) in [5.41, 5.74) is 5.31. The molecule has 0 aliphatic carbocycles. The lowest BCUT2D eigenvalue weighted by Gasteiger charge is -2.19. The van der Waals surface area contributed by atoms with Crippen molar-refractivity contribution in [1.82, 2.24) is 0 Å². The first kappa shape index (κ1) is 42.5. The Balaban J connectivity index is 4.27. The number of nitrogens with two attached hydrogens (primary N) is 1. The van der Waals surface area contributed by atoms with Gasteiger partial charge in [0.25, 0.3) is 0 Å². The summed E-state index contributed by atoms with van der Waals surface area (Å²) in [4.78, 5) is 34.5. The van der Waals surface area contributed by atoms with Gasteiger partial charge in [0.1, 0.15) is 6.61 Å². The smallest absolute Gasteiger partial charge is 0.462 e. The summed E-state index contributed by atoms with van der Waals surface area (Å²) in [6.07, 6.45) is 29.3. The summed E-state index contributed by atoms with van der Waals surface area (Å²) >= 11 is 0. The first-order valence-electron chi connectivity index (χ1n) is 17.3. The van der Waals surface area contributed by atoms with Crippen LogP contribution in [0, 0.1) is 0 Å². The second-order valence-corrected chi connectivity index (χ2v) is 12.8. The van der Waals surface area contributed by atoms with Gasteiger partial charge in [-0.1, -0.05) is 122 Å². The molecule has 10 heteroatoms. The van der Waals surface area contributed by atoms with E-state index >= 15 is 0 Å². The SMILES string of the molecule is CCCC/C=C\C/C=C\CCCCCCCC(=O)OC[C@H](COP(=O)(O)OCCN)OC(=O)CCCCCCCCCCC. The van der Waals surface area contributed by atoms with Crippen LogP contribution in [-0.4, -0.2) is 49.3 Å². The summed E-state index contributed by atoms with van der Waals surface area (Å²) in [6.45, 7) is 3.63. The van der Waals surface area contributed by atoms with E-state index in [2.05, 4.69) is 38.2 Å². The van der Waals surface area contributed by atoms with Gasteiger partial charge < -0.3 is 20.1 Å². The molecule has 0 radical (unpaired) electrons. The molecule has 0 aliphatic heterocycles. The van der Waals surface area contributed by atoms with Crippen molar-refractivity contribution < 1.29 is 37.6 Å². The number of unbranched alkanes of at least 4 members (excludes halogenated alkanes) is 15. The van der Waals surface area contributed by atoms with E-state index in [1.807, 2.05) is 0 Å². The minimum absolute atomic E-state index is 0.0524. The van der Waals surface area contributed by atoms with Gasteiger partial charge in [-0.2, -0.15) is 0 Å². The Kier molecular flexibility index (Phi) is 30.4. The van der Waals surface area contributed by atoms with Crippen molar-refractivity contribution >= 4 is 19.8 Å². The van der Waals surface area contributed by atoms with Crippen LogP contribution in [0.1, 0.15) is 149 Å². The second-order valence-electron chi connectivity index (χ2n) is 11.4. The van der Waals surface area contributed by atoms with Crippen molar-refractivity contribution in [2.45, 2.75) is 155 Å². The fourth-order valence-electron chi connectivity index (χ4n) is 4.47. The third-order valence-electron chi connectivity index (χ3n) is 7.09. The molecule has 0 rings (SSSR count). The van der Waals surface area contributed by atoms with Gasteiger partial charge in [0.2, 0.25) is 0 Å². The largest absolute Gasteiger partial charge is 0.472 e. The van der Waals surface area contributed by atoms with E-state index in [0.717, 1.165) is 70.6 Å². The monoisotopic (exact) mass is 645 g/mol. The van der Waals surface area contributed by atoms with Crippen LogP contribution >= 0.6 is 7.82 Å². The van der Waals surface area contributed by atoms with E-state index in [9.17, 15) is 19.0 Å². The number of phosphoric ester groups is 1. The third-order valence-corrected chi connectivity index (χ3v) is 8.07. The lowest BCUT2D eigenvalue weighted by atomic mass is 10.1. The first-order valence-corrected chi connectivity index (χ1v) is 18.8. The summed E-state index contributed by atoms with van der Waals surface area (Å²) in [5.74, 6) is -0.849. The molecule has 0 saturated carbocycles. The van der Waals surface area contributed by atoms with Crippen LogP contribution in [0.4, 0.5) is 0 Å². The highest BCUT2D eigenvalue weighted by atomic mass is 31.2. The zero-order chi connectivity index (χ0) is 32.6. The molecule has 0 aromatic carbocycles. The standard InChI is InChI=1S/C34H64NO8P/c1-3-5-7-9-11-13-14-15-16-17-19-20-22-24-26-33(36)40-30-32(31-42-44(38,39)41-29-28-35)43-34(37)27-25-23-21-18-12-10-8-6-4-2/h9,11,14-15,32H,3-8,10,12-13,16-31,35H2,1-2H3,(H,38,39)/b11-9-,15-14-/t32-/m1/s1. The molecular weight excluding hydrogens is 581 g/mol. The van der Waals surface area contributed by atoms with Crippen LogP contribution in [0.2, 0.25) is 0 Å². The van der Waals surface area contributed by atoms with Gasteiger partial charge in [-0.15, -0.1) is 0 Å². The molecule has 0 spiro atoms. The number of allylic oxidation sites excluding steroid dienone is 4. The number of hydrogen-bond acceptors (Lipinski definition) is 8. The molecule has 3 N–H and O–H groups in total. The Labute approximate surface area is 268 Å². The van der Waals surface area contributed by atoms with E-state index in [0.29, 0.717) is 6.42 Å². The number of phosphoric acid groups is 1. The van der Waals surface area contributed by atoms with Gasteiger partial charge in [0.15, 0.2) is 6.10 Å². The average Bonchev–Trinajstić information content (AvgIpc) is 3.00. The quantitative estimate of drug-likeness (QED) is 0.0318. The van der Waals surface area contributed by atoms with Crippen molar-refractivity contribution in [3.8, 4) is 0 Å². The molecule has 0 heterocycles. The second kappa shape index (κ2) is 31.5. The fourth-order valence-corrected chi connectivity index (χ4v) is 5.24. The Morgan fingerprint density at radius 3 is 1.80 bits per heavy atom. The molecule has 0 aromatic rings. The zero-order valence-electron chi connectivity index (χ0n) is 27.9. The van der Waals surface area contributed by atoms with Gasteiger partial charge in [0.05, 0.1) is 13.2 Å². The van der Waals surface area contributed by atoms with E-state index < -0.39 is 32.5 Å². The van der Waals surface area contributed by atoms with Crippen LogP contribution in [0.25, 0.3) is 0 Å². The van der Waals surface area contributed by atoms with Crippen molar-refractivity contribution in [3.63, 3.8) is 0 Å². The molecular formula is C34H64NO8P. The predicted octanol–water partition coefficient (Wildman–Crippen LogP) is 8.88. The number of rotatable bonds is 32. The van der Waals surface area contributed by atoms with Crippen LogP contribution in [0.15, 0.2) is 24.3 Å². The van der Waals surface area contributed by atoms with Crippen molar-refractivity contribution in [3.05, 3.63) is 24.3 Å². The average molecular weight is 646 g/mol. The molecule has 0 fully saturated rings. The Bertz CT molecular complexity index is 789. The summed E-state index contributed by atoms with van der Waals surface area (Å²) in [6, 6.07) is 0. The minimum atomic E-state index is -4.36. The Morgan fingerprint density at radius 2 is 1.20 bits per heavy atom. The van der Waals surface area contributed by atoms with Gasteiger partial charge in [-0.3, -0.25) is 18.6 Å². The molecule has 9 nitrogen and oxygen atoms in total. The minimum Gasteiger partial charge on any atom is -0.462 e. The number of esters is 2. The summed E-state index contributed by atoms with van der Waals surface area (Å²) in [5, 5.41) is 0. The van der Waals surface area contributed by atoms with Crippen LogP contribution in [0.3, 0.4) is 0 Å². The van der Waals surface area contributed by atoms with Crippen molar-refractivity contribution in [2.75, 3.05) is 26.4 Å². The summed E-state index contributed by atoms with van der Waals surface area (Å²) < 4.78 is 32.5. The maximum absolute atomic E-state index is 12.4. The molecule has 0 bridgehead atoms. The maximum Gasteiger partial charge on any atom is 0.472 e. The number of carbonyl (C=O) groups excluding carboxylic acids is 2. The molecule has 0 aromatic heterocycles. The van der Waals surface area contributed by atoms with E-state index in [1.165, 1.54) is 44.9 Å². The van der Waals surface area contributed by atoms with E-state index in [1.54, 1.807) is 0 Å². The lowest BCUT2D eigenvalue weighted by molar-refractivity contribution is -0.161. The highest BCUT2D eigenvalue weighted by molar-refractivity contribution is 7.47. The number of carbonyl (C=O) groups is 2. The van der Waals surface area contributed by atoms with Gasteiger partial charge in [0, 0.05) is 19.4 Å². The number of ether oxygens (including phenoxy) is 2. The summed E-state index contributed by atoms with van der Waals surface area (Å²) in [7, 11) is -4.36. The molecule has 258 valence electrons. The Hall–Kier alpha value is -1.51. The molecule has 44 heavy (non-hydrogen) atoms. The highest BCUT2D eigenvalue weighted by Crippen LogP contribution is 2.43. The van der Waals surface area contributed by atoms with Gasteiger partial charge >= 0.3 is 19.8 Å². The van der Waals surface area contributed by atoms with Crippen LogP contribution in [0.5, 0.6) is 0 Å². The molecule has 1 unspecified atom stereocenters. The maximum atomic E-state index is 12.4. The zero-order valence-corrected chi connectivity index (χ0v) is 28.8. The van der Waals surface area contributed by atoms with Crippen LogP contribution < -0.4 is 5.73 Å². The highest BCUT2D eigenvalue weighted by Gasteiger charge is 2.25. The fraction of sp³-hybridized carbons (Fsp3) is 0.824. The van der Waals surface area contributed by atoms with E-state index in [-0.39, 0.29) is 32.6 Å². The first-order chi connectivity index (χ1) is 21.3. The molecule has 0 aliphatic rings.